The Balaban J connectivity index is 1.44. The zero-order valence-electron chi connectivity index (χ0n) is 19.6. The van der Waals surface area contributed by atoms with Crippen LogP contribution in [0.25, 0.3) is 6.08 Å². The summed E-state index contributed by atoms with van der Waals surface area (Å²) in [6.45, 7) is -0.131. The lowest BCUT2D eigenvalue weighted by atomic mass is 10.2. The second-order valence-corrected chi connectivity index (χ2v) is 7.72. The van der Waals surface area contributed by atoms with Gasteiger partial charge in [0.2, 0.25) is 0 Å². The summed E-state index contributed by atoms with van der Waals surface area (Å²) in [7, 11) is 0. The third kappa shape index (κ3) is 8.52. The van der Waals surface area contributed by atoms with Crippen LogP contribution in [0.2, 0.25) is 0 Å². The minimum Gasteiger partial charge on any atom is -0.435 e. The van der Waals surface area contributed by atoms with E-state index < -0.39 is 30.2 Å². The summed E-state index contributed by atoms with van der Waals surface area (Å²) >= 11 is 0. The van der Waals surface area contributed by atoms with Gasteiger partial charge >= 0.3 is 24.5 Å². The van der Waals surface area contributed by atoms with Gasteiger partial charge in [-0.15, -0.1) is 0 Å². The van der Waals surface area contributed by atoms with Crippen molar-refractivity contribution in [2.45, 2.75) is 19.1 Å². The maximum Gasteiger partial charge on any atom is 0.461 e. The monoisotopic (exact) mass is 534 g/mol. The van der Waals surface area contributed by atoms with E-state index >= 15 is 0 Å². The second kappa shape index (κ2) is 12.6. The van der Waals surface area contributed by atoms with Gasteiger partial charge in [0.25, 0.3) is 0 Å². The maximum absolute atomic E-state index is 13.0. The van der Waals surface area contributed by atoms with Crippen molar-refractivity contribution in [3.63, 3.8) is 0 Å². The number of halogens is 4. The number of hydrogen-bond donors (Lipinski definition) is 2. The Labute approximate surface area is 214 Å². The highest BCUT2D eigenvalue weighted by atomic mass is 19.3. The van der Waals surface area contributed by atoms with E-state index in [1.54, 1.807) is 30.3 Å². The first-order valence-electron chi connectivity index (χ1n) is 10.9. The van der Waals surface area contributed by atoms with Crippen molar-refractivity contribution in [3.05, 3.63) is 89.5 Å². The lowest BCUT2D eigenvalue weighted by molar-refractivity contribution is -0.253. The number of hydrogen-bond acceptors (Lipinski definition) is 8. The Kier molecular flexibility index (Phi) is 9.28. The maximum atomic E-state index is 13.0. The van der Waals surface area contributed by atoms with E-state index in [1.165, 1.54) is 24.3 Å². The van der Waals surface area contributed by atoms with Gasteiger partial charge in [0.05, 0.1) is 12.2 Å². The lowest BCUT2D eigenvalue weighted by Crippen LogP contribution is -2.33. The minimum absolute atomic E-state index is 0.0224. The van der Waals surface area contributed by atoms with Crippen LogP contribution in [-0.2, 0) is 20.9 Å². The Morgan fingerprint density at radius 1 is 0.895 bits per heavy atom. The molecule has 0 bridgehead atoms. The molecule has 0 aliphatic carbocycles. The van der Waals surface area contributed by atoms with E-state index in [2.05, 4.69) is 4.74 Å². The molecule has 0 amide bonds. The number of nitrogens with two attached hydrogens (primary N) is 2. The molecule has 0 spiro atoms. The van der Waals surface area contributed by atoms with E-state index in [9.17, 15) is 27.2 Å². The fraction of sp³-hybridized carbons (Fsp3) is 0.154. The zero-order valence-corrected chi connectivity index (χ0v) is 19.6. The molecule has 4 N–H and O–H groups in total. The predicted molar refractivity (Wildman–Crippen MR) is 129 cm³/mol. The molecule has 0 saturated carbocycles. The molecule has 3 aromatic rings. The van der Waals surface area contributed by atoms with Crippen molar-refractivity contribution in [2.75, 3.05) is 18.3 Å². The van der Waals surface area contributed by atoms with Crippen molar-refractivity contribution >= 4 is 29.4 Å². The van der Waals surface area contributed by atoms with Gasteiger partial charge in [-0.3, -0.25) is 0 Å². The average Bonchev–Trinajstić information content (AvgIpc) is 2.86. The molecule has 0 saturated heterocycles. The number of benzene rings is 3. The van der Waals surface area contributed by atoms with Crippen LogP contribution in [0.5, 0.6) is 11.5 Å². The molecule has 0 heterocycles. The van der Waals surface area contributed by atoms with Crippen molar-refractivity contribution < 1.29 is 46.1 Å². The summed E-state index contributed by atoms with van der Waals surface area (Å²) in [6.07, 6.45) is -6.00. The third-order valence-electron chi connectivity index (χ3n) is 4.69. The fourth-order valence-corrected chi connectivity index (χ4v) is 2.97. The number of ether oxygens (including phenoxy) is 4. The fourth-order valence-electron chi connectivity index (χ4n) is 2.97. The predicted octanol–water partition coefficient (Wildman–Crippen LogP) is 5.04. The first-order valence-corrected chi connectivity index (χ1v) is 10.9. The number of rotatable bonds is 11. The lowest BCUT2D eigenvalue weighted by Gasteiger charge is -2.16. The molecule has 0 unspecified atom stereocenters. The van der Waals surface area contributed by atoms with Crippen LogP contribution < -0.4 is 20.9 Å². The number of anilines is 2. The van der Waals surface area contributed by atoms with Crippen molar-refractivity contribution in [1.82, 2.24) is 0 Å². The molecule has 0 atom stereocenters. The molecule has 0 aromatic heterocycles. The molecule has 8 nitrogen and oxygen atoms in total. The highest BCUT2D eigenvalue weighted by molar-refractivity contribution is 5.91. The van der Waals surface area contributed by atoms with Crippen LogP contribution in [0.1, 0.15) is 21.5 Å². The summed E-state index contributed by atoms with van der Waals surface area (Å²) in [5.41, 5.74) is 13.7. The van der Waals surface area contributed by atoms with Gasteiger partial charge in [0.1, 0.15) is 11.5 Å². The summed E-state index contributed by atoms with van der Waals surface area (Å²) in [5.74, 6) is -1.84. The quantitative estimate of drug-likeness (QED) is 0.0668. The summed E-state index contributed by atoms with van der Waals surface area (Å²) < 4.78 is 69.7. The van der Waals surface area contributed by atoms with E-state index in [4.69, 9.17) is 25.7 Å². The number of esters is 2. The SMILES string of the molecule is Nc1cc(N)cc(COCOC(=O)/C=C/c2ccc(OC(=O)c3ccc(OC(F)(F)C(F)F)cc3)cc2)c1. The van der Waals surface area contributed by atoms with Gasteiger partial charge in [-0.25, -0.2) is 9.59 Å². The molecule has 0 radical (unpaired) electrons. The van der Waals surface area contributed by atoms with Gasteiger partial charge in [-0.1, -0.05) is 12.1 Å². The number of carbonyl (C=O) groups excluding carboxylic acids is 2. The van der Waals surface area contributed by atoms with Crippen molar-refractivity contribution in [1.29, 1.82) is 0 Å². The highest BCUT2D eigenvalue weighted by Gasteiger charge is 2.43. The molecular formula is C26H22F4N2O6. The second-order valence-electron chi connectivity index (χ2n) is 7.72. The van der Waals surface area contributed by atoms with E-state index in [1.807, 2.05) is 0 Å². The summed E-state index contributed by atoms with van der Waals surface area (Å²) in [5, 5.41) is 0. The molecule has 0 aliphatic rings. The molecule has 38 heavy (non-hydrogen) atoms. The third-order valence-corrected chi connectivity index (χ3v) is 4.69. The molecule has 200 valence electrons. The largest absolute Gasteiger partial charge is 0.461 e. The van der Waals surface area contributed by atoms with Gasteiger partial charge in [0.15, 0.2) is 6.79 Å². The van der Waals surface area contributed by atoms with Crippen LogP contribution in [0.4, 0.5) is 28.9 Å². The molecule has 3 aromatic carbocycles. The molecule has 12 heteroatoms. The Hall–Kier alpha value is -4.58. The van der Waals surface area contributed by atoms with Crippen LogP contribution in [-0.4, -0.2) is 31.3 Å². The zero-order chi connectivity index (χ0) is 27.7. The molecule has 0 fully saturated rings. The van der Waals surface area contributed by atoms with Crippen LogP contribution in [0.15, 0.2) is 72.8 Å². The molecule has 0 aliphatic heterocycles. The molecule has 3 rings (SSSR count). The van der Waals surface area contributed by atoms with Gasteiger partial charge in [0, 0.05) is 17.5 Å². The molecular weight excluding hydrogens is 512 g/mol. The average molecular weight is 534 g/mol. The summed E-state index contributed by atoms with van der Waals surface area (Å²) in [4.78, 5) is 24.1. The van der Waals surface area contributed by atoms with Gasteiger partial charge in [-0.05, 0) is 71.8 Å². The number of alkyl halides is 4. The van der Waals surface area contributed by atoms with Crippen molar-refractivity contribution in [2.24, 2.45) is 0 Å². The first-order chi connectivity index (χ1) is 18.0. The van der Waals surface area contributed by atoms with E-state index in [0.29, 0.717) is 16.9 Å². The number of nitrogen functional groups attached to an aromatic ring is 2. The van der Waals surface area contributed by atoms with Crippen LogP contribution in [0, 0.1) is 0 Å². The smallest absolute Gasteiger partial charge is 0.435 e. The van der Waals surface area contributed by atoms with E-state index in [0.717, 1.165) is 29.8 Å². The minimum atomic E-state index is -4.66. The summed E-state index contributed by atoms with van der Waals surface area (Å²) in [6, 6.07) is 15.1. The standard InChI is InChI=1S/C26H22F4N2O6/c27-25(28)26(29,30)38-22-8-4-18(5-9-22)24(34)37-21-6-1-16(2-7-21)3-10-23(33)36-15-35-14-17-11-19(31)13-20(32)12-17/h1-13,25H,14-15,31-32H2/b10-3+. The topological polar surface area (TPSA) is 123 Å². The van der Waals surface area contributed by atoms with Crippen LogP contribution >= 0.6 is 0 Å². The Morgan fingerprint density at radius 3 is 2.11 bits per heavy atom. The van der Waals surface area contributed by atoms with Crippen LogP contribution in [0.3, 0.4) is 0 Å². The Morgan fingerprint density at radius 2 is 1.50 bits per heavy atom. The Bertz CT molecular complexity index is 1260. The number of carbonyl (C=O) groups is 2. The van der Waals surface area contributed by atoms with Gasteiger partial charge < -0.3 is 30.4 Å². The van der Waals surface area contributed by atoms with Crippen molar-refractivity contribution in [3.8, 4) is 11.5 Å². The normalized spacial score (nSPS) is 11.5. The highest BCUT2D eigenvalue weighted by Crippen LogP contribution is 2.27. The first kappa shape index (κ1) is 28.0. The van der Waals surface area contributed by atoms with E-state index in [-0.39, 0.29) is 24.7 Å². The van der Waals surface area contributed by atoms with Gasteiger partial charge in [-0.2, -0.15) is 17.6 Å².